The van der Waals surface area contributed by atoms with Crippen LogP contribution in [0.1, 0.15) is 17.2 Å². The summed E-state index contributed by atoms with van der Waals surface area (Å²) in [6.45, 7) is 0. The van der Waals surface area contributed by atoms with E-state index in [1.807, 2.05) is 0 Å². The van der Waals surface area contributed by atoms with Gasteiger partial charge in [0.2, 0.25) is 0 Å². The van der Waals surface area contributed by atoms with Crippen molar-refractivity contribution < 1.29 is 8.78 Å². The molecule has 1 unspecified atom stereocenters. The number of hydrogen-bond donors (Lipinski definition) is 2. The van der Waals surface area contributed by atoms with Crippen LogP contribution in [0.3, 0.4) is 0 Å². The predicted octanol–water partition coefficient (Wildman–Crippen LogP) is 3.93. The molecule has 1 atom stereocenters. The second-order valence-corrected chi connectivity index (χ2v) is 5.24. The van der Waals surface area contributed by atoms with Crippen molar-refractivity contribution in [2.24, 2.45) is 5.84 Å². The molecule has 0 aliphatic carbocycles. The molecule has 100 valence electrons. The van der Waals surface area contributed by atoms with E-state index < -0.39 is 17.7 Å². The fraction of sp³-hybridized carbons (Fsp3) is 0.0769. The Morgan fingerprint density at radius 2 is 1.68 bits per heavy atom. The van der Waals surface area contributed by atoms with Gasteiger partial charge in [-0.15, -0.1) is 0 Å². The van der Waals surface area contributed by atoms with Crippen LogP contribution in [-0.2, 0) is 0 Å². The molecule has 0 saturated carbocycles. The number of hydrogen-bond acceptors (Lipinski definition) is 2. The summed E-state index contributed by atoms with van der Waals surface area (Å²) >= 11 is 9.28. The highest BCUT2D eigenvalue weighted by atomic mass is 79.9. The minimum Gasteiger partial charge on any atom is -0.271 e. The van der Waals surface area contributed by atoms with Gasteiger partial charge in [-0.05, 0) is 51.3 Å². The Kier molecular flexibility index (Phi) is 4.52. The van der Waals surface area contributed by atoms with Crippen LogP contribution in [0.15, 0.2) is 40.9 Å². The quantitative estimate of drug-likeness (QED) is 0.652. The smallest absolute Gasteiger partial charge is 0.126 e. The van der Waals surface area contributed by atoms with Gasteiger partial charge in [-0.2, -0.15) is 0 Å². The fourth-order valence-electron chi connectivity index (χ4n) is 1.82. The van der Waals surface area contributed by atoms with Crippen molar-refractivity contribution in [1.82, 2.24) is 5.43 Å². The lowest BCUT2D eigenvalue weighted by atomic mass is 9.99. The van der Waals surface area contributed by atoms with E-state index in [2.05, 4.69) is 21.4 Å². The zero-order valence-electron chi connectivity index (χ0n) is 9.63. The molecule has 0 spiro atoms. The Hall–Kier alpha value is -1.01. The SMILES string of the molecule is NNC(c1cc(F)cc(F)c1)c1ccc(Br)c(Cl)c1. The summed E-state index contributed by atoms with van der Waals surface area (Å²) in [7, 11) is 0. The summed E-state index contributed by atoms with van der Waals surface area (Å²) in [6, 6.07) is 7.91. The molecule has 0 bridgehead atoms. The van der Waals surface area contributed by atoms with Crippen molar-refractivity contribution in [2.45, 2.75) is 6.04 Å². The van der Waals surface area contributed by atoms with E-state index in [0.29, 0.717) is 16.1 Å². The molecule has 0 aliphatic heterocycles. The largest absolute Gasteiger partial charge is 0.271 e. The van der Waals surface area contributed by atoms with Gasteiger partial charge < -0.3 is 0 Å². The summed E-state index contributed by atoms with van der Waals surface area (Å²) in [5, 5.41) is 0.495. The van der Waals surface area contributed by atoms with Crippen LogP contribution in [0.25, 0.3) is 0 Å². The number of nitrogens with one attached hydrogen (secondary N) is 1. The molecule has 0 radical (unpaired) electrons. The number of nitrogens with two attached hydrogens (primary N) is 1. The number of halogens is 4. The molecule has 2 nitrogen and oxygen atoms in total. The van der Waals surface area contributed by atoms with E-state index in [9.17, 15) is 8.78 Å². The molecule has 2 aromatic rings. The molecule has 0 fully saturated rings. The number of benzene rings is 2. The monoisotopic (exact) mass is 346 g/mol. The minimum absolute atomic E-state index is 0.387. The zero-order chi connectivity index (χ0) is 14.0. The Bertz CT molecular complexity index is 587. The van der Waals surface area contributed by atoms with E-state index in [1.165, 1.54) is 12.1 Å². The molecule has 0 amide bonds. The first kappa shape index (κ1) is 14.4. The average Bonchev–Trinajstić information content (AvgIpc) is 2.33. The molecule has 2 rings (SSSR count). The normalized spacial score (nSPS) is 12.5. The van der Waals surface area contributed by atoms with Gasteiger partial charge in [-0.3, -0.25) is 5.84 Å². The molecule has 2 aromatic carbocycles. The van der Waals surface area contributed by atoms with Crippen LogP contribution < -0.4 is 11.3 Å². The van der Waals surface area contributed by atoms with Gasteiger partial charge in [0, 0.05) is 10.5 Å². The Labute approximate surface area is 122 Å². The summed E-state index contributed by atoms with van der Waals surface area (Å²) < 4.78 is 27.2. The fourth-order valence-corrected chi connectivity index (χ4v) is 2.25. The van der Waals surface area contributed by atoms with Gasteiger partial charge in [-0.25, -0.2) is 14.2 Å². The highest BCUT2D eigenvalue weighted by Gasteiger charge is 2.15. The van der Waals surface area contributed by atoms with Gasteiger partial charge in [0.1, 0.15) is 11.6 Å². The summed E-state index contributed by atoms with van der Waals surface area (Å²) in [4.78, 5) is 0. The van der Waals surface area contributed by atoms with E-state index in [0.717, 1.165) is 10.5 Å². The van der Waals surface area contributed by atoms with E-state index in [-0.39, 0.29) is 0 Å². The zero-order valence-corrected chi connectivity index (χ0v) is 12.0. The van der Waals surface area contributed by atoms with Gasteiger partial charge in [0.05, 0.1) is 11.1 Å². The van der Waals surface area contributed by atoms with Crippen LogP contribution in [0.4, 0.5) is 8.78 Å². The van der Waals surface area contributed by atoms with Crippen molar-refractivity contribution in [3.05, 3.63) is 68.7 Å². The second-order valence-electron chi connectivity index (χ2n) is 3.98. The number of hydrazine groups is 1. The standard InChI is InChI=1S/C13H10BrClF2N2/c14-11-2-1-7(5-12(11)15)13(19-18)8-3-9(16)6-10(17)4-8/h1-6,13,19H,18H2. The summed E-state index contributed by atoms with van der Waals surface area (Å²) in [5.41, 5.74) is 3.62. The molecule has 0 saturated heterocycles. The van der Waals surface area contributed by atoms with Gasteiger partial charge in [0.15, 0.2) is 0 Å². The molecule has 0 aliphatic rings. The molecule has 0 heterocycles. The first-order valence-electron chi connectivity index (χ1n) is 5.38. The van der Waals surface area contributed by atoms with Crippen LogP contribution in [0.5, 0.6) is 0 Å². The number of rotatable bonds is 3. The Balaban J connectivity index is 2.46. The van der Waals surface area contributed by atoms with E-state index >= 15 is 0 Å². The van der Waals surface area contributed by atoms with Gasteiger partial charge in [-0.1, -0.05) is 17.7 Å². The Morgan fingerprint density at radius 3 is 2.21 bits per heavy atom. The van der Waals surface area contributed by atoms with Crippen LogP contribution in [-0.4, -0.2) is 0 Å². The second kappa shape index (κ2) is 5.96. The third-order valence-electron chi connectivity index (χ3n) is 2.66. The molecular weight excluding hydrogens is 338 g/mol. The van der Waals surface area contributed by atoms with Gasteiger partial charge in [0.25, 0.3) is 0 Å². The maximum Gasteiger partial charge on any atom is 0.126 e. The molecule has 3 N–H and O–H groups in total. The van der Waals surface area contributed by atoms with Crippen molar-refractivity contribution in [2.75, 3.05) is 0 Å². The van der Waals surface area contributed by atoms with Crippen molar-refractivity contribution >= 4 is 27.5 Å². The highest BCUT2D eigenvalue weighted by Crippen LogP contribution is 2.29. The Morgan fingerprint density at radius 1 is 1.05 bits per heavy atom. The third-order valence-corrected chi connectivity index (χ3v) is 3.89. The van der Waals surface area contributed by atoms with E-state index in [1.54, 1.807) is 18.2 Å². The predicted molar refractivity (Wildman–Crippen MR) is 74.7 cm³/mol. The van der Waals surface area contributed by atoms with Gasteiger partial charge >= 0.3 is 0 Å². The lowest BCUT2D eigenvalue weighted by molar-refractivity contribution is 0.566. The summed E-state index contributed by atoms with van der Waals surface area (Å²) in [5.74, 6) is 4.17. The first-order valence-corrected chi connectivity index (χ1v) is 6.55. The topological polar surface area (TPSA) is 38.0 Å². The first-order chi connectivity index (χ1) is 9.01. The lowest BCUT2D eigenvalue weighted by Crippen LogP contribution is -2.29. The minimum atomic E-state index is -0.654. The molecule has 19 heavy (non-hydrogen) atoms. The van der Waals surface area contributed by atoms with Crippen molar-refractivity contribution in [1.29, 1.82) is 0 Å². The van der Waals surface area contributed by atoms with Crippen LogP contribution in [0, 0.1) is 11.6 Å². The lowest BCUT2D eigenvalue weighted by Gasteiger charge is -2.17. The summed E-state index contributed by atoms with van der Waals surface area (Å²) in [6.07, 6.45) is 0. The maximum absolute atomic E-state index is 13.2. The van der Waals surface area contributed by atoms with Crippen molar-refractivity contribution in [3.63, 3.8) is 0 Å². The van der Waals surface area contributed by atoms with Crippen LogP contribution in [0.2, 0.25) is 5.02 Å². The van der Waals surface area contributed by atoms with E-state index in [4.69, 9.17) is 17.4 Å². The van der Waals surface area contributed by atoms with Crippen LogP contribution >= 0.6 is 27.5 Å². The molecule has 0 aromatic heterocycles. The van der Waals surface area contributed by atoms with Crippen molar-refractivity contribution in [3.8, 4) is 0 Å². The molecular formula is C13H10BrClF2N2. The average molecular weight is 348 g/mol. The molecule has 6 heteroatoms. The highest BCUT2D eigenvalue weighted by molar-refractivity contribution is 9.10. The maximum atomic E-state index is 13.2. The third kappa shape index (κ3) is 3.30.